The average molecular weight is 246 g/mol. The van der Waals surface area contributed by atoms with Crippen molar-refractivity contribution in [2.75, 3.05) is 0 Å². The van der Waals surface area contributed by atoms with Crippen molar-refractivity contribution in [3.63, 3.8) is 0 Å². The molecule has 2 aromatic carbocycles. The Morgan fingerprint density at radius 2 is 1.95 bits per heavy atom. The highest BCUT2D eigenvalue weighted by atomic mass is 14.6. The molecule has 0 bridgehead atoms. The van der Waals surface area contributed by atoms with Crippen LogP contribution in [-0.2, 0) is 6.42 Å². The second-order valence-corrected chi connectivity index (χ2v) is 4.71. The maximum absolute atomic E-state index is 8.60. The van der Waals surface area contributed by atoms with Gasteiger partial charge in [-0.3, -0.25) is 4.98 Å². The number of pyridine rings is 1. The summed E-state index contributed by atoms with van der Waals surface area (Å²) in [6, 6.07) is 16.9. The van der Waals surface area contributed by atoms with Crippen LogP contribution in [0.2, 0.25) is 0 Å². The van der Waals surface area contributed by atoms with Crippen LogP contribution in [0.3, 0.4) is 0 Å². The Morgan fingerprint density at radius 3 is 2.84 bits per heavy atom. The Kier molecular flexibility index (Phi) is 3.12. The molecule has 0 saturated carbocycles. The Balaban J connectivity index is 2.10. The van der Waals surface area contributed by atoms with Gasteiger partial charge >= 0.3 is 0 Å². The molecule has 0 aliphatic rings. The van der Waals surface area contributed by atoms with Gasteiger partial charge in [-0.1, -0.05) is 36.4 Å². The highest BCUT2D eigenvalue weighted by Crippen LogP contribution is 2.24. The van der Waals surface area contributed by atoms with Crippen molar-refractivity contribution >= 4 is 21.7 Å². The lowest BCUT2D eigenvalue weighted by molar-refractivity contribution is 0.852. The minimum Gasteiger partial charge on any atom is -0.256 e. The van der Waals surface area contributed by atoms with Crippen LogP contribution in [0.25, 0.3) is 21.7 Å². The first kappa shape index (κ1) is 11.7. The molecule has 0 saturated heterocycles. The fraction of sp³-hybridized carbons (Fsp3) is 0.176. The molecular weight excluding hydrogens is 232 g/mol. The molecule has 0 amide bonds. The second-order valence-electron chi connectivity index (χ2n) is 4.71. The third kappa shape index (κ3) is 2.28. The predicted molar refractivity (Wildman–Crippen MR) is 77.8 cm³/mol. The van der Waals surface area contributed by atoms with Crippen LogP contribution in [0.1, 0.15) is 18.4 Å². The summed E-state index contributed by atoms with van der Waals surface area (Å²) >= 11 is 0. The normalized spacial score (nSPS) is 10.7. The number of nitrogens with zero attached hydrogens (tertiary/aromatic N) is 2. The number of aryl methyl sites for hydroxylation is 1. The fourth-order valence-corrected chi connectivity index (χ4v) is 2.43. The molecule has 0 radical (unpaired) electrons. The number of hydrogen-bond acceptors (Lipinski definition) is 2. The first-order valence-corrected chi connectivity index (χ1v) is 6.52. The van der Waals surface area contributed by atoms with E-state index >= 15 is 0 Å². The molecule has 0 aliphatic carbocycles. The zero-order valence-electron chi connectivity index (χ0n) is 10.6. The molecular formula is C17H14N2. The van der Waals surface area contributed by atoms with E-state index in [4.69, 9.17) is 5.26 Å². The van der Waals surface area contributed by atoms with E-state index in [1.165, 1.54) is 21.7 Å². The molecule has 2 nitrogen and oxygen atoms in total. The van der Waals surface area contributed by atoms with Crippen molar-refractivity contribution in [1.82, 2.24) is 4.98 Å². The summed E-state index contributed by atoms with van der Waals surface area (Å²) in [7, 11) is 0. The van der Waals surface area contributed by atoms with Gasteiger partial charge in [0.25, 0.3) is 0 Å². The van der Waals surface area contributed by atoms with E-state index in [0.717, 1.165) is 18.4 Å². The van der Waals surface area contributed by atoms with Crippen LogP contribution < -0.4 is 0 Å². The van der Waals surface area contributed by atoms with Gasteiger partial charge < -0.3 is 0 Å². The van der Waals surface area contributed by atoms with Gasteiger partial charge in [0.05, 0.1) is 11.6 Å². The largest absolute Gasteiger partial charge is 0.256 e. The third-order valence-corrected chi connectivity index (χ3v) is 3.41. The molecule has 19 heavy (non-hydrogen) atoms. The number of benzene rings is 2. The van der Waals surface area contributed by atoms with Crippen molar-refractivity contribution in [2.24, 2.45) is 0 Å². The van der Waals surface area contributed by atoms with Gasteiger partial charge in [0.15, 0.2) is 0 Å². The highest BCUT2D eigenvalue weighted by Gasteiger charge is 2.02. The zero-order valence-corrected chi connectivity index (χ0v) is 10.6. The van der Waals surface area contributed by atoms with Crippen LogP contribution >= 0.6 is 0 Å². The molecule has 0 aliphatic heterocycles. The van der Waals surface area contributed by atoms with Crippen LogP contribution in [0.15, 0.2) is 48.7 Å². The molecule has 2 heteroatoms. The summed E-state index contributed by atoms with van der Waals surface area (Å²) in [6.45, 7) is 0. The number of para-hydroxylation sites is 1. The monoisotopic (exact) mass is 246 g/mol. The number of nitriles is 1. The maximum Gasteiger partial charge on any atom is 0.0708 e. The van der Waals surface area contributed by atoms with E-state index in [9.17, 15) is 0 Å². The molecule has 0 N–H and O–H groups in total. The quantitative estimate of drug-likeness (QED) is 0.512. The topological polar surface area (TPSA) is 36.7 Å². The van der Waals surface area contributed by atoms with E-state index < -0.39 is 0 Å². The number of fused-ring (bicyclic) bond motifs is 3. The SMILES string of the molecule is N#CCCCc1ccc2cnc3ccccc3c2c1. The Morgan fingerprint density at radius 1 is 1.05 bits per heavy atom. The standard InChI is InChI=1S/C17H14N2/c18-10-4-3-5-13-8-9-14-12-19-17-7-2-1-6-15(17)16(14)11-13/h1-2,6-9,11-12H,3-5H2. The van der Waals surface area contributed by atoms with Gasteiger partial charge in [-0.2, -0.15) is 5.26 Å². The van der Waals surface area contributed by atoms with Crippen molar-refractivity contribution in [2.45, 2.75) is 19.3 Å². The number of hydrogen-bond donors (Lipinski definition) is 0. The van der Waals surface area contributed by atoms with Crippen molar-refractivity contribution in [3.05, 3.63) is 54.2 Å². The Hall–Kier alpha value is -2.40. The van der Waals surface area contributed by atoms with Crippen LogP contribution in [0.5, 0.6) is 0 Å². The molecule has 0 atom stereocenters. The maximum atomic E-state index is 8.60. The van der Waals surface area contributed by atoms with Crippen molar-refractivity contribution < 1.29 is 0 Å². The highest BCUT2D eigenvalue weighted by molar-refractivity contribution is 6.05. The summed E-state index contributed by atoms with van der Waals surface area (Å²) in [5.74, 6) is 0. The molecule has 3 aromatic rings. The van der Waals surface area contributed by atoms with E-state index in [1.807, 2.05) is 24.4 Å². The molecule has 92 valence electrons. The van der Waals surface area contributed by atoms with E-state index in [1.54, 1.807) is 0 Å². The molecule has 1 heterocycles. The zero-order chi connectivity index (χ0) is 13.1. The predicted octanol–water partition coefficient (Wildman–Crippen LogP) is 4.23. The van der Waals surface area contributed by atoms with Gasteiger partial charge in [-0.25, -0.2) is 0 Å². The van der Waals surface area contributed by atoms with E-state index in [0.29, 0.717) is 6.42 Å². The Bertz CT molecular complexity index is 769. The third-order valence-electron chi connectivity index (χ3n) is 3.41. The molecule has 1 aromatic heterocycles. The van der Waals surface area contributed by atoms with Crippen molar-refractivity contribution in [1.29, 1.82) is 5.26 Å². The van der Waals surface area contributed by atoms with Gasteiger partial charge in [-0.15, -0.1) is 0 Å². The minimum atomic E-state index is 0.620. The molecule has 0 spiro atoms. The molecule has 0 unspecified atom stereocenters. The average Bonchev–Trinajstić information content (AvgIpc) is 2.47. The number of aromatic nitrogens is 1. The van der Waals surface area contributed by atoms with Gasteiger partial charge in [-0.05, 0) is 29.9 Å². The van der Waals surface area contributed by atoms with Gasteiger partial charge in [0.2, 0.25) is 0 Å². The number of rotatable bonds is 3. The van der Waals surface area contributed by atoms with Crippen LogP contribution in [-0.4, -0.2) is 4.98 Å². The first-order chi connectivity index (χ1) is 9.38. The second kappa shape index (κ2) is 5.07. The summed E-state index contributed by atoms with van der Waals surface area (Å²) < 4.78 is 0. The summed E-state index contributed by atoms with van der Waals surface area (Å²) in [5, 5.41) is 12.2. The van der Waals surface area contributed by atoms with Crippen molar-refractivity contribution in [3.8, 4) is 6.07 Å². The van der Waals surface area contributed by atoms with Crippen LogP contribution in [0.4, 0.5) is 0 Å². The smallest absolute Gasteiger partial charge is 0.0708 e. The first-order valence-electron chi connectivity index (χ1n) is 6.52. The van der Waals surface area contributed by atoms with Gasteiger partial charge in [0, 0.05) is 23.4 Å². The summed E-state index contributed by atoms with van der Waals surface area (Å²) in [4.78, 5) is 4.47. The fourth-order valence-electron chi connectivity index (χ4n) is 2.43. The summed E-state index contributed by atoms with van der Waals surface area (Å²) in [6.07, 6.45) is 4.43. The lowest BCUT2D eigenvalue weighted by Crippen LogP contribution is -1.87. The summed E-state index contributed by atoms with van der Waals surface area (Å²) in [5.41, 5.74) is 2.32. The molecule has 3 rings (SSSR count). The lowest BCUT2D eigenvalue weighted by Gasteiger charge is -2.06. The molecule has 0 fully saturated rings. The number of unbranched alkanes of at least 4 members (excludes halogenated alkanes) is 1. The minimum absolute atomic E-state index is 0.620. The lowest BCUT2D eigenvalue weighted by atomic mass is 10.0. The van der Waals surface area contributed by atoms with E-state index in [-0.39, 0.29) is 0 Å². The Labute approximate surface area is 112 Å². The van der Waals surface area contributed by atoms with Gasteiger partial charge in [0.1, 0.15) is 0 Å². The van der Waals surface area contributed by atoms with E-state index in [2.05, 4.69) is 35.3 Å². The van der Waals surface area contributed by atoms with Crippen LogP contribution in [0, 0.1) is 11.3 Å².